The molecule has 7 heteroatoms. The fourth-order valence-electron chi connectivity index (χ4n) is 5.28. The van der Waals surface area contributed by atoms with Gasteiger partial charge in [-0.25, -0.2) is 18.7 Å². The van der Waals surface area contributed by atoms with Crippen molar-refractivity contribution in [1.82, 2.24) is 14.9 Å². The van der Waals surface area contributed by atoms with Crippen molar-refractivity contribution in [2.24, 2.45) is 5.92 Å². The van der Waals surface area contributed by atoms with Crippen molar-refractivity contribution in [1.29, 1.82) is 0 Å². The van der Waals surface area contributed by atoms with Gasteiger partial charge in [0.2, 0.25) is 0 Å². The molecule has 0 radical (unpaired) electrons. The van der Waals surface area contributed by atoms with Crippen LogP contribution in [0.25, 0.3) is 0 Å². The van der Waals surface area contributed by atoms with Gasteiger partial charge < -0.3 is 10.6 Å². The van der Waals surface area contributed by atoms with Crippen molar-refractivity contribution >= 4 is 11.6 Å². The van der Waals surface area contributed by atoms with Crippen molar-refractivity contribution < 1.29 is 8.78 Å². The summed E-state index contributed by atoms with van der Waals surface area (Å²) in [4.78, 5) is 13.2. The second kappa shape index (κ2) is 5.87. The summed E-state index contributed by atoms with van der Waals surface area (Å²) >= 11 is 0. The molecule has 5 heterocycles. The van der Waals surface area contributed by atoms with E-state index in [0.717, 1.165) is 43.4 Å². The van der Waals surface area contributed by atoms with Crippen molar-refractivity contribution in [3.8, 4) is 0 Å². The largest absolute Gasteiger partial charge is 0.384 e. The highest BCUT2D eigenvalue weighted by Gasteiger charge is 2.53. The van der Waals surface area contributed by atoms with Crippen molar-refractivity contribution in [2.75, 3.05) is 30.3 Å². The van der Waals surface area contributed by atoms with Gasteiger partial charge in [-0.15, -0.1) is 0 Å². The quantitative estimate of drug-likeness (QED) is 0.894. The Kier molecular flexibility index (Phi) is 3.60. The van der Waals surface area contributed by atoms with Gasteiger partial charge in [-0.1, -0.05) is 0 Å². The van der Waals surface area contributed by atoms with E-state index in [0.29, 0.717) is 24.3 Å². The minimum absolute atomic E-state index is 0.0458. The Labute approximate surface area is 150 Å². The summed E-state index contributed by atoms with van der Waals surface area (Å²) in [5.74, 6) is 0.831. The van der Waals surface area contributed by atoms with Crippen LogP contribution in [-0.2, 0) is 0 Å². The van der Waals surface area contributed by atoms with Crippen LogP contribution in [0.5, 0.6) is 0 Å². The Morgan fingerprint density at radius 3 is 2.38 bits per heavy atom. The third kappa shape index (κ3) is 2.45. The molecular weight excluding hydrogens is 336 g/mol. The number of piperidine rings is 3. The summed E-state index contributed by atoms with van der Waals surface area (Å²) in [5.41, 5.74) is 6.60. The fourth-order valence-corrected chi connectivity index (χ4v) is 5.28. The van der Waals surface area contributed by atoms with E-state index >= 15 is 0 Å². The van der Waals surface area contributed by atoms with Crippen molar-refractivity contribution in [3.05, 3.63) is 47.8 Å². The number of hydrogen-bond donors (Lipinski definition) is 1. The molecule has 0 amide bonds. The molecule has 5 nitrogen and oxygen atoms in total. The van der Waals surface area contributed by atoms with Crippen LogP contribution in [0, 0.1) is 17.6 Å². The number of nitrogens with zero attached hydrogens (tertiary/aromatic N) is 4. The SMILES string of the molecule is Nc1cc(N2C[C@@H](c3cc(F)cc(F)c3)[C@@H]3[C@H]2C2CCN3CC2)ncn1. The lowest BCUT2D eigenvalue weighted by atomic mass is 9.75. The summed E-state index contributed by atoms with van der Waals surface area (Å²) in [6.45, 7) is 2.79. The van der Waals surface area contributed by atoms with Gasteiger partial charge in [0.15, 0.2) is 0 Å². The molecular formula is C19H21F2N5. The highest BCUT2D eigenvalue weighted by Crippen LogP contribution is 2.47. The first-order valence-corrected chi connectivity index (χ1v) is 9.14. The number of nitrogens with two attached hydrogens (primary N) is 1. The van der Waals surface area contributed by atoms with Crippen LogP contribution in [0.2, 0.25) is 0 Å². The number of rotatable bonds is 2. The lowest BCUT2D eigenvalue weighted by Crippen LogP contribution is -2.60. The topological polar surface area (TPSA) is 58.3 Å². The Morgan fingerprint density at radius 2 is 1.69 bits per heavy atom. The van der Waals surface area contributed by atoms with E-state index in [1.165, 1.54) is 18.5 Å². The van der Waals surface area contributed by atoms with Crippen molar-refractivity contribution in [2.45, 2.75) is 30.8 Å². The predicted octanol–water partition coefficient (Wildman–Crippen LogP) is 2.40. The molecule has 1 aromatic carbocycles. The van der Waals surface area contributed by atoms with Crippen LogP contribution in [0.3, 0.4) is 0 Å². The first-order valence-electron chi connectivity index (χ1n) is 9.14. The van der Waals surface area contributed by atoms with Crippen molar-refractivity contribution in [3.63, 3.8) is 0 Å². The standard InChI is InChI=1S/C19H21F2N5/c20-13-5-12(6-14(21)7-13)15-9-26(17-8-16(22)23-10-24-17)18-11-1-3-25(4-2-11)19(15)18/h5-8,10-11,15,18-19H,1-4,9H2,(H2,22,23,24)/t15-,18+,19+/m0/s1. The zero-order valence-electron chi connectivity index (χ0n) is 14.4. The van der Waals surface area contributed by atoms with Crippen LogP contribution in [0.15, 0.2) is 30.6 Å². The van der Waals surface area contributed by atoms with E-state index in [9.17, 15) is 8.78 Å². The number of nitrogen functional groups attached to an aromatic ring is 1. The number of aromatic nitrogens is 2. The highest BCUT2D eigenvalue weighted by molar-refractivity contribution is 5.51. The summed E-state index contributed by atoms with van der Waals surface area (Å²) in [5, 5.41) is 0. The molecule has 0 saturated carbocycles. The predicted molar refractivity (Wildman–Crippen MR) is 94.8 cm³/mol. The molecule has 4 fully saturated rings. The highest BCUT2D eigenvalue weighted by atomic mass is 19.1. The first-order chi connectivity index (χ1) is 12.6. The van der Waals surface area contributed by atoms with Crippen LogP contribution < -0.4 is 10.6 Å². The first kappa shape index (κ1) is 15.9. The van der Waals surface area contributed by atoms with E-state index in [4.69, 9.17) is 5.73 Å². The Bertz CT molecular complexity index is 816. The van der Waals surface area contributed by atoms with Crippen LogP contribution in [0.4, 0.5) is 20.4 Å². The Hall–Kier alpha value is -2.28. The molecule has 2 bridgehead atoms. The van der Waals surface area contributed by atoms with Gasteiger partial charge in [0.1, 0.15) is 29.6 Å². The summed E-state index contributed by atoms with van der Waals surface area (Å²) in [6.07, 6.45) is 3.79. The maximum absolute atomic E-state index is 13.9. The molecule has 6 rings (SSSR count). The molecule has 4 aliphatic rings. The number of fused-ring (bicyclic) bond motifs is 2. The maximum Gasteiger partial charge on any atom is 0.134 e. The second-order valence-corrected chi connectivity index (χ2v) is 7.62. The summed E-state index contributed by atoms with van der Waals surface area (Å²) in [6, 6.07) is 6.23. The molecule has 0 unspecified atom stereocenters. The summed E-state index contributed by atoms with van der Waals surface area (Å²) < 4.78 is 27.7. The maximum atomic E-state index is 13.9. The third-order valence-electron chi connectivity index (χ3n) is 6.28. The van der Waals surface area contributed by atoms with Gasteiger partial charge in [0, 0.05) is 36.7 Å². The fraction of sp³-hybridized carbons (Fsp3) is 0.474. The molecule has 136 valence electrons. The zero-order chi connectivity index (χ0) is 17.8. The minimum Gasteiger partial charge on any atom is -0.384 e. The van der Waals surface area contributed by atoms with E-state index in [2.05, 4.69) is 19.8 Å². The van der Waals surface area contributed by atoms with E-state index < -0.39 is 11.6 Å². The van der Waals surface area contributed by atoms with Gasteiger partial charge in [0.25, 0.3) is 0 Å². The molecule has 0 spiro atoms. The lowest BCUT2D eigenvalue weighted by Gasteiger charge is -2.51. The van der Waals surface area contributed by atoms with Gasteiger partial charge in [0.05, 0.1) is 0 Å². The third-order valence-corrected chi connectivity index (χ3v) is 6.28. The molecule has 4 aliphatic heterocycles. The molecule has 0 aliphatic carbocycles. The molecule has 4 saturated heterocycles. The molecule has 1 aromatic heterocycles. The molecule has 2 N–H and O–H groups in total. The normalized spacial score (nSPS) is 32.7. The zero-order valence-corrected chi connectivity index (χ0v) is 14.4. The van der Waals surface area contributed by atoms with Gasteiger partial charge in [-0.05, 0) is 49.5 Å². The second-order valence-electron chi connectivity index (χ2n) is 7.62. The Morgan fingerprint density at radius 1 is 0.962 bits per heavy atom. The number of hydrogen-bond acceptors (Lipinski definition) is 5. The van der Waals surface area contributed by atoms with E-state index in [1.807, 2.05) is 0 Å². The van der Waals surface area contributed by atoms with E-state index in [-0.39, 0.29) is 12.0 Å². The van der Waals surface area contributed by atoms with Gasteiger partial charge >= 0.3 is 0 Å². The molecule has 2 aromatic rings. The number of halogens is 2. The van der Waals surface area contributed by atoms with Crippen LogP contribution in [-0.4, -0.2) is 46.6 Å². The van der Waals surface area contributed by atoms with Gasteiger partial charge in [-0.2, -0.15) is 0 Å². The van der Waals surface area contributed by atoms with E-state index in [1.54, 1.807) is 6.07 Å². The van der Waals surface area contributed by atoms with Crippen LogP contribution in [0.1, 0.15) is 24.3 Å². The number of anilines is 2. The average molecular weight is 357 g/mol. The Balaban J connectivity index is 1.58. The molecule has 3 atom stereocenters. The smallest absolute Gasteiger partial charge is 0.134 e. The summed E-state index contributed by atoms with van der Waals surface area (Å²) in [7, 11) is 0. The number of benzene rings is 1. The van der Waals surface area contributed by atoms with Gasteiger partial charge in [-0.3, -0.25) is 4.90 Å². The average Bonchev–Trinajstić information content (AvgIpc) is 3.05. The lowest BCUT2D eigenvalue weighted by molar-refractivity contribution is 0.0354. The van der Waals surface area contributed by atoms with Crippen LogP contribution >= 0.6 is 0 Å². The monoisotopic (exact) mass is 357 g/mol. The molecule has 26 heavy (non-hydrogen) atoms. The minimum atomic E-state index is -0.516.